The topological polar surface area (TPSA) is 77.5 Å². The summed E-state index contributed by atoms with van der Waals surface area (Å²) in [5, 5.41) is 0.721. The first-order chi connectivity index (χ1) is 16.9. The largest absolute Gasteiger partial charge is 0.493 e. The third-order valence-corrected chi connectivity index (χ3v) is 7.07. The van der Waals surface area contributed by atoms with Crippen LogP contribution in [0.5, 0.6) is 17.2 Å². The van der Waals surface area contributed by atoms with Gasteiger partial charge in [-0.1, -0.05) is 23.2 Å². The van der Waals surface area contributed by atoms with Gasteiger partial charge in [0, 0.05) is 37.1 Å². The van der Waals surface area contributed by atoms with E-state index in [-0.39, 0.29) is 29.3 Å². The maximum atomic E-state index is 13.6. The van der Waals surface area contributed by atoms with Crippen LogP contribution in [0.3, 0.4) is 0 Å². The van der Waals surface area contributed by atoms with Crippen molar-refractivity contribution in [2.45, 2.75) is 5.92 Å². The highest BCUT2D eigenvalue weighted by Crippen LogP contribution is 2.44. The zero-order valence-corrected chi connectivity index (χ0v) is 21.4. The Kier molecular flexibility index (Phi) is 7.94. The van der Waals surface area contributed by atoms with E-state index >= 15 is 0 Å². The van der Waals surface area contributed by atoms with Crippen LogP contribution < -0.4 is 14.2 Å². The van der Waals surface area contributed by atoms with Gasteiger partial charge in [0.1, 0.15) is 0 Å². The number of carbonyl (C=O) groups excluding carboxylic acids is 2. The van der Waals surface area contributed by atoms with Gasteiger partial charge in [-0.15, -0.1) is 0 Å². The van der Waals surface area contributed by atoms with Crippen molar-refractivity contribution in [3.05, 3.63) is 51.5 Å². The summed E-state index contributed by atoms with van der Waals surface area (Å²) in [6.07, 6.45) is 0. The summed E-state index contributed by atoms with van der Waals surface area (Å²) in [5.41, 5.74) is 1.17. The van der Waals surface area contributed by atoms with Crippen LogP contribution in [0.2, 0.25) is 10.0 Å². The first-order valence-corrected chi connectivity index (χ1v) is 12.0. The number of hydrogen-bond acceptors (Lipinski definition) is 6. The first kappa shape index (κ1) is 25.4. The fraction of sp³-hybridized carbons (Fsp3) is 0.440. The summed E-state index contributed by atoms with van der Waals surface area (Å²) in [7, 11) is 4.63. The molecule has 2 amide bonds. The highest BCUT2D eigenvalue weighted by atomic mass is 35.5. The standard InChI is InChI=1S/C25H28Cl2N2O6/c1-32-21-10-15(11-22(33-2)23(21)34-3)18-13-29(24(30)17-5-4-16(26)12-20(17)27)14-19(18)25(31)28-6-8-35-9-7-28/h4-5,10-12,18-19H,6-9,13-14H2,1-3H3/t18-,19+/m1/s1. The van der Waals surface area contributed by atoms with Crippen LogP contribution in [0, 0.1) is 5.92 Å². The van der Waals surface area contributed by atoms with Gasteiger partial charge < -0.3 is 28.7 Å². The van der Waals surface area contributed by atoms with Crippen LogP contribution in [0.15, 0.2) is 30.3 Å². The van der Waals surface area contributed by atoms with Crippen LogP contribution in [0.4, 0.5) is 0 Å². The average Bonchev–Trinajstić information content (AvgIpc) is 3.33. The molecule has 2 heterocycles. The predicted molar refractivity (Wildman–Crippen MR) is 132 cm³/mol. The highest BCUT2D eigenvalue weighted by Gasteiger charge is 2.43. The second-order valence-electron chi connectivity index (χ2n) is 8.44. The zero-order chi connectivity index (χ0) is 25.1. The van der Waals surface area contributed by atoms with Gasteiger partial charge in [0.15, 0.2) is 11.5 Å². The quantitative estimate of drug-likeness (QED) is 0.575. The van der Waals surface area contributed by atoms with Crippen molar-refractivity contribution in [1.82, 2.24) is 9.80 Å². The molecule has 2 aromatic carbocycles. The molecule has 2 aliphatic rings. The Morgan fingerprint density at radius 2 is 1.57 bits per heavy atom. The maximum Gasteiger partial charge on any atom is 0.255 e. The second kappa shape index (κ2) is 10.9. The van der Waals surface area contributed by atoms with Crippen LogP contribution in [0.1, 0.15) is 21.8 Å². The number of methoxy groups -OCH3 is 3. The van der Waals surface area contributed by atoms with E-state index in [1.165, 1.54) is 7.11 Å². The molecule has 0 bridgehead atoms. The van der Waals surface area contributed by atoms with E-state index in [1.54, 1.807) is 37.3 Å². The number of morpholine rings is 1. The van der Waals surface area contributed by atoms with E-state index in [0.29, 0.717) is 60.7 Å². The molecule has 0 saturated carbocycles. The van der Waals surface area contributed by atoms with E-state index in [2.05, 4.69) is 0 Å². The molecule has 188 valence electrons. The minimum atomic E-state index is -0.453. The van der Waals surface area contributed by atoms with E-state index in [0.717, 1.165) is 5.56 Å². The van der Waals surface area contributed by atoms with Crippen LogP contribution in [0.25, 0.3) is 0 Å². The molecular weight excluding hydrogens is 495 g/mol. The number of carbonyl (C=O) groups is 2. The Morgan fingerprint density at radius 1 is 0.914 bits per heavy atom. The van der Waals surface area contributed by atoms with Crippen molar-refractivity contribution in [2.24, 2.45) is 5.92 Å². The Morgan fingerprint density at radius 3 is 2.14 bits per heavy atom. The molecule has 8 nitrogen and oxygen atoms in total. The molecule has 2 aromatic rings. The summed E-state index contributed by atoms with van der Waals surface area (Å²) in [6.45, 7) is 2.63. The predicted octanol–water partition coefficient (Wildman–Crippen LogP) is 3.73. The minimum Gasteiger partial charge on any atom is -0.493 e. The van der Waals surface area contributed by atoms with Crippen molar-refractivity contribution in [2.75, 3.05) is 60.7 Å². The Balaban J connectivity index is 1.71. The molecule has 2 atom stereocenters. The van der Waals surface area contributed by atoms with Gasteiger partial charge >= 0.3 is 0 Å². The van der Waals surface area contributed by atoms with E-state index in [4.69, 9.17) is 42.1 Å². The van der Waals surface area contributed by atoms with E-state index < -0.39 is 5.92 Å². The number of ether oxygens (including phenoxy) is 4. The number of hydrogen-bond donors (Lipinski definition) is 0. The molecule has 0 aromatic heterocycles. The molecule has 10 heteroatoms. The Hall–Kier alpha value is -2.68. The zero-order valence-electron chi connectivity index (χ0n) is 19.9. The van der Waals surface area contributed by atoms with Crippen LogP contribution in [-0.2, 0) is 9.53 Å². The summed E-state index contributed by atoms with van der Waals surface area (Å²) < 4.78 is 21.9. The third-order valence-electron chi connectivity index (χ3n) is 6.52. The van der Waals surface area contributed by atoms with Gasteiger partial charge in [0.25, 0.3) is 5.91 Å². The van der Waals surface area contributed by atoms with Gasteiger partial charge in [-0.05, 0) is 35.9 Å². The van der Waals surface area contributed by atoms with Gasteiger partial charge in [-0.3, -0.25) is 9.59 Å². The minimum absolute atomic E-state index is 0.00967. The molecule has 0 spiro atoms. The Bertz CT molecular complexity index is 1080. The lowest BCUT2D eigenvalue weighted by atomic mass is 9.87. The molecule has 4 rings (SSSR count). The van der Waals surface area contributed by atoms with E-state index in [1.807, 2.05) is 17.0 Å². The van der Waals surface area contributed by atoms with E-state index in [9.17, 15) is 9.59 Å². The van der Waals surface area contributed by atoms with Gasteiger partial charge in [0.2, 0.25) is 11.7 Å². The number of halogens is 2. The Labute approximate surface area is 214 Å². The van der Waals surface area contributed by atoms with Crippen LogP contribution >= 0.6 is 23.2 Å². The highest BCUT2D eigenvalue weighted by molar-refractivity contribution is 6.36. The second-order valence-corrected chi connectivity index (χ2v) is 9.29. The van der Waals surface area contributed by atoms with Crippen molar-refractivity contribution in [3.63, 3.8) is 0 Å². The summed E-state index contributed by atoms with van der Waals surface area (Å²) >= 11 is 12.3. The first-order valence-electron chi connectivity index (χ1n) is 11.3. The monoisotopic (exact) mass is 522 g/mol. The van der Waals surface area contributed by atoms with Crippen molar-refractivity contribution < 1.29 is 28.5 Å². The van der Waals surface area contributed by atoms with Crippen LogP contribution in [-0.4, -0.2) is 82.3 Å². The summed E-state index contributed by atoms with van der Waals surface area (Å²) in [4.78, 5) is 30.5. The van der Waals surface area contributed by atoms with Gasteiger partial charge in [-0.25, -0.2) is 0 Å². The average molecular weight is 523 g/mol. The fourth-order valence-electron chi connectivity index (χ4n) is 4.72. The lowest BCUT2D eigenvalue weighted by Gasteiger charge is -2.31. The van der Waals surface area contributed by atoms with Crippen molar-refractivity contribution in [3.8, 4) is 17.2 Å². The number of benzene rings is 2. The molecule has 0 radical (unpaired) electrons. The molecule has 2 saturated heterocycles. The maximum absolute atomic E-state index is 13.6. The molecule has 0 unspecified atom stereocenters. The smallest absolute Gasteiger partial charge is 0.255 e. The number of likely N-dealkylation sites (tertiary alicyclic amines) is 1. The lowest BCUT2D eigenvalue weighted by Crippen LogP contribution is -2.45. The molecule has 0 aliphatic carbocycles. The molecule has 2 fully saturated rings. The SMILES string of the molecule is COc1cc([C@H]2CN(C(=O)c3ccc(Cl)cc3Cl)C[C@@H]2C(=O)N2CCOCC2)cc(OC)c1OC. The third kappa shape index (κ3) is 5.15. The normalized spacial score (nSPS) is 20.0. The molecule has 35 heavy (non-hydrogen) atoms. The van der Waals surface area contributed by atoms with Crippen molar-refractivity contribution in [1.29, 1.82) is 0 Å². The van der Waals surface area contributed by atoms with Gasteiger partial charge in [-0.2, -0.15) is 0 Å². The molecule has 0 N–H and O–H groups in total. The fourth-order valence-corrected chi connectivity index (χ4v) is 5.21. The number of amides is 2. The van der Waals surface area contributed by atoms with Gasteiger partial charge in [0.05, 0.1) is 51.0 Å². The summed E-state index contributed by atoms with van der Waals surface area (Å²) in [6, 6.07) is 8.46. The molecular formula is C25H28Cl2N2O6. The lowest BCUT2D eigenvalue weighted by molar-refractivity contribution is -0.139. The number of rotatable bonds is 6. The summed E-state index contributed by atoms with van der Waals surface area (Å²) in [5.74, 6) is 0.453. The number of nitrogens with zero attached hydrogens (tertiary/aromatic N) is 2. The van der Waals surface area contributed by atoms with Crippen molar-refractivity contribution >= 4 is 35.0 Å². The molecule has 2 aliphatic heterocycles.